The van der Waals surface area contributed by atoms with Crippen LogP contribution in [0.1, 0.15) is 5.56 Å². The average Bonchev–Trinajstić information content (AvgIpc) is 3.01. The number of benzene rings is 1. The number of rotatable bonds is 2. The second kappa shape index (κ2) is 4.16. The molecule has 0 atom stereocenters. The SMILES string of the molecule is Cc1ccoc1-c1noc(-c2ccc(O)c(O)c2)n1. The lowest BCUT2D eigenvalue weighted by atomic mass is 10.2. The number of hydrogen-bond acceptors (Lipinski definition) is 6. The summed E-state index contributed by atoms with van der Waals surface area (Å²) >= 11 is 0. The van der Waals surface area contributed by atoms with Crippen molar-refractivity contribution in [1.82, 2.24) is 10.1 Å². The number of aryl methyl sites for hydroxylation is 1. The lowest BCUT2D eigenvalue weighted by Gasteiger charge is -1.98. The molecule has 0 saturated carbocycles. The highest BCUT2D eigenvalue weighted by Crippen LogP contribution is 2.31. The van der Waals surface area contributed by atoms with Crippen LogP contribution in [0.4, 0.5) is 0 Å². The van der Waals surface area contributed by atoms with E-state index >= 15 is 0 Å². The molecule has 19 heavy (non-hydrogen) atoms. The quantitative estimate of drug-likeness (QED) is 0.686. The third-order valence-electron chi connectivity index (χ3n) is 2.71. The van der Waals surface area contributed by atoms with Crippen molar-refractivity contribution in [3.63, 3.8) is 0 Å². The van der Waals surface area contributed by atoms with Crippen molar-refractivity contribution in [1.29, 1.82) is 0 Å². The van der Waals surface area contributed by atoms with Gasteiger partial charge in [-0.3, -0.25) is 0 Å². The van der Waals surface area contributed by atoms with Gasteiger partial charge in [-0.2, -0.15) is 4.98 Å². The second-order valence-corrected chi connectivity index (χ2v) is 4.06. The van der Waals surface area contributed by atoms with Crippen LogP contribution in [-0.2, 0) is 0 Å². The van der Waals surface area contributed by atoms with Gasteiger partial charge in [-0.05, 0) is 36.8 Å². The lowest BCUT2D eigenvalue weighted by Crippen LogP contribution is -1.81. The summed E-state index contributed by atoms with van der Waals surface area (Å²) < 4.78 is 10.4. The topological polar surface area (TPSA) is 92.5 Å². The van der Waals surface area contributed by atoms with E-state index in [9.17, 15) is 10.2 Å². The van der Waals surface area contributed by atoms with Gasteiger partial charge in [0, 0.05) is 5.56 Å². The molecule has 2 heterocycles. The molecule has 3 aromatic rings. The van der Waals surface area contributed by atoms with Crippen LogP contribution < -0.4 is 0 Å². The first-order valence-corrected chi connectivity index (χ1v) is 5.55. The number of aromatic hydroxyl groups is 2. The highest BCUT2D eigenvalue weighted by atomic mass is 16.5. The summed E-state index contributed by atoms with van der Waals surface area (Å²) in [5.41, 5.74) is 1.42. The van der Waals surface area contributed by atoms with Gasteiger partial charge in [0.2, 0.25) is 5.82 Å². The summed E-state index contributed by atoms with van der Waals surface area (Å²) in [5, 5.41) is 22.5. The Morgan fingerprint density at radius 3 is 2.63 bits per heavy atom. The van der Waals surface area contributed by atoms with Gasteiger partial charge < -0.3 is 19.2 Å². The van der Waals surface area contributed by atoms with Crippen LogP contribution in [-0.4, -0.2) is 20.4 Å². The van der Waals surface area contributed by atoms with E-state index in [2.05, 4.69) is 10.1 Å². The Morgan fingerprint density at radius 2 is 1.95 bits per heavy atom. The third-order valence-corrected chi connectivity index (χ3v) is 2.71. The van der Waals surface area contributed by atoms with E-state index < -0.39 is 0 Å². The van der Waals surface area contributed by atoms with Crippen LogP contribution >= 0.6 is 0 Å². The van der Waals surface area contributed by atoms with Crippen molar-refractivity contribution >= 4 is 0 Å². The molecule has 0 amide bonds. The van der Waals surface area contributed by atoms with E-state index in [1.807, 2.05) is 6.92 Å². The molecule has 0 unspecified atom stereocenters. The summed E-state index contributed by atoms with van der Waals surface area (Å²) in [6.45, 7) is 1.88. The molecule has 3 rings (SSSR count). The molecule has 0 aliphatic rings. The van der Waals surface area contributed by atoms with Gasteiger partial charge in [0.05, 0.1) is 6.26 Å². The second-order valence-electron chi connectivity index (χ2n) is 4.06. The summed E-state index contributed by atoms with van der Waals surface area (Å²) in [4.78, 5) is 4.19. The van der Waals surface area contributed by atoms with Crippen molar-refractivity contribution in [2.24, 2.45) is 0 Å². The van der Waals surface area contributed by atoms with Crippen molar-refractivity contribution in [3.05, 3.63) is 36.1 Å². The van der Waals surface area contributed by atoms with E-state index in [1.165, 1.54) is 12.1 Å². The number of furan rings is 1. The van der Waals surface area contributed by atoms with Gasteiger partial charge in [0.1, 0.15) is 0 Å². The zero-order valence-electron chi connectivity index (χ0n) is 9.99. The fraction of sp³-hybridized carbons (Fsp3) is 0.0769. The van der Waals surface area contributed by atoms with Gasteiger partial charge in [-0.25, -0.2) is 0 Å². The molecule has 6 heteroatoms. The van der Waals surface area contributed by atoms with E-state index in [-0.39, 0.29) is 17.4 Å². The molecule has 0 fully saturated rings. The Morgan fingerprint density at radius 1 is 1.11 bits per heavy atom. The van der Waals surface area contributed by atoms with E-state index in [4.69, 9.17) is 8.94 Å². The summed E-state index contributed by atoms with van der Waals surface area (Å²) in [5.74, 6) is 0.668. The molecule has 6 nitrogen and oxygen atoms in total. The van der Waals surface area contributed by atoms with Crippen LogP contribution in [0.25, 0.3) is 23.0 Å². The molecule has 0 spiro atoms. The highest BCUT2D eigenvalue weighted by molar-refractivity contribution is 5.61. The van der Waals surface area contributed by atoms with Crippen LogP contribution in [0.3, 0.4) is 0 Å². The number of phenolic OH excluding ortho intramolecular Hbond substituents is 2. The number of nitrogens with zero attached hydrogens (tertiary/aromatic N) is 2. The Hall–Kier alpha value is -2.76. The Labute approximate surface area is 107 Å². The van der Waals surface area contributed by atoms with Gasteiger partial charge in [-0.15, -0.1) is 0 Å². The predicted molar refractivity (Wildman–Crippen MR) is 65.5 cm³/mol. The van der Waals surface area contributed by atoms with Crippen LogP contribution in [0.5, 0.6) is 11.5 Å². The lowest BCUT2D eigenvalue weighted by molar-refractivity contribution is 0.402. The van der Waals surface area contributed by atoms with Gasteiger partial charge in [0.15, 0.2) is 17.3 Å². The highest BCUT2D eigenvalue weighted by Gasteiger charge is 2.15. The van der Waals surface area contributed by atoms with Crippen LogP contribution in [0, 0.1) is 6.92 Å². The molecular formula is C13H10N2O4. The summed E-state index contributed by atoms with van der Waals surface area (Å²) in [7, 11) is 0. The van der Waals surface area contributed by atoms with Crippen molar-refractivity contribution in [3.8, 4) is 34.5 Å². The molecule has 0 aliphatic carbocycles. The molecular weight excluding hydrogens is 248 g/mol. The molecule has 0 aliphatic heterocycles. The minimum absolute atomic E-state index is 0.203. The molecule has 2 N–H and O–H groups in total. The van der Waals surface area contributed by atoms with Crippen molar-refractivity contribution in [2.45, 2.75) is 6.92 Å². The van der Waals surface area contributed by atoms with Gasteiger partial charge in [0.25, 0.3) is 5.89 Å². The first-order valence-electron chi connectivity index (χ1n) is 5.55. The molecule has 0 radical (unpaired) electrons. The third kappa shape index (κ3) is 1.93. The zero-order valence-corrected chi connectivity index (χ0v) is 9.99. The van der Waals surface area contributed by atoms with E-state index in [0.717, 1.165) is 5.56 Å². The Bertz CT molecular complexity index is 730. The maximum absolute atomic E-state index is 9.44. The molecule has 1 aromatic carbocycles. The molecule has 96 valence electrons. The summed E-state index contributed by atoms with van der Waals surface area (Å²) in [6.07, 6.45) is 1.55. The van der Waals surface area contributed by atoms with Crippen molar-refractivity contribution in [2.75, 3.05) is 0 Å². The zero-order chi connectivity index (χ0) is 13.4. The standard InChI is InChI=1S/C13H10N2O4/c1-7-4-5-18-11(7)12-14-13(19-15-12)8-2-3-9(16)10(17)6-8/h2-6,16-17H,1H3. The minimum atomic E-state index is -0.244. The monoisotopic (exact) mass is 258 g/mol. The fourth-order valence-corrected chi connectivity index (χ4v) is 1.69. The van der Waals surface area contributed by atoms with Crippen LogP contribution in [0.2, 0.25) is 0 Å². The molecule has 0 bridgehead atoms. The summed E-state index contributed by atoms with van der Waals surface area (Å²) in [6, 6.07) is 6.08. The number of hydrogen-bond donors (Lipinski definition) is 2. The maximum Gasteiger partial charge on any atom is 0.258 e. The van der Waals surface area contributed by atoms with E-state index in [0.29, 0.717) is 17.1 Å². The first kappa shape index (κ1) is 11.3. The molecule has 0 saturated heterocycles. The number of aromatic nitrogens is 2. The predicted octanol–water partition coefficient (Wildman–Crippen LogP) is 2.72. The molecule has 2 aromatic heterocycles. The number of phenols is 2. The fourth-order valence-electron chi connectivity index (χ4n) is 1.69. The normalized spacial score (nSPS) is 10.8. The van der Waals surface area contributed by atoms with Gasteiger partial charge >= 0.3 is 0 Å². The van der Waals surface area contributed by atoms with Crippen molar-refractivity contribution < 1.29 is 19.2 Å². The van der Waals surface area contributed by atoms with Gasteiger partial charge in [-0.1, -0.05) is 5.16 Å². The smallest absolute Gasteiger partial charge is 0.258 e. The first-order chi connectivity index (χ1) is 9.15. The minimum Gasteiger partial charge on any atom is -0.504 e. The maximum atomic E-state index is 9.44. The average molecular weight is 258 g/mol. The largest absolute Gasteiger partial charge is 0.504 e. The Kier molecular flexibility index (Phi) is 2.49. The van der Waals surface area contributed by atoms with Crippen LogP contribution in [0.15, 0.2) is 39.5 Å². The Balaban J connectivity index is 2.01. The van der Waals surface area contributed by atoms with E-state index in [1.54, 1.807) is 18.4 Å².